The Morgan fingerprint density at radius 3 is 2.88 bits per heavy atom. The van der Waals surface area contributed by atoms with Crippen molar-refractivity contribution in [2.45, 2.75) is 32.8 Å². The molecule has 0 bridgehead atoms. The maximum atomic E-state index is 11.6. The number of hydrogen-bond acceptors (Lipinski definition) is 2. The molecule has 16 heavy (non-hydrogen) atoms. The van der Waals surface area contributed by atoms with Crippen LogP contribution in [0.1, 0.15) is 36.2 Å². The van der Waals surface area contributed by atoms with Crippen molar-refractivity contribution < 1.29 is 9.90 Å². The number of hydrogen-bond donors (Lipinski definition) is 2. The van der Waals surface area contributed by atoms with Gasteiger partial charge in [0.1, 0.15) is 0 Å². The van der Waals surface area contributed by atoms with Gasteiger partial charge in [0.2, 0.25) is 0 Å². The molecule has 0 aliphatic rings. The molecule has 88 valence electrons. The minimum atomic E-state index is -0.298. The van der Waals surface area contributed by atoms with Crippen molar-refractivity contribution in [2.75, 3.05) is 6.54 Å². The summed E-state index contributed by atoms with van der Waals surface area (Å²) in [7, 11) is 0. The van der Waals surface area contributed by atoms with Crippen molar-refractivity contribution in [2.24, 2.45) is 0 Å². The van der Waals surface area contributed by atoms with Gasteiger partial charge in [0, 0.05) is 12.1 Å². The Balaban J connectivity index is 2.67. The van der Waals surface area contributed by atoms with Gasteiger partial charge in [-0.3, -0.25) is 4.79 Å². The first-order valence-corrected chi connectivity index (χ1v) is 5.68. The van der Waals surface area contributed by atoms with Gasteiger partial charge in [0.15, 0.2) is 0 Å². The molecule has 0 heterocycles. The van der Waals surface area contributed by atoms with E-state index in [0.29, 0.717) is 12.1 Å². The highest BCUT2D eigenvalue weighted by Crippen LogP contribution is 2.09. The smallest absolute Gasteiger partial charge is 0.251 e. The first-order valence-electron chi connectivity index (χ1n) is 5.68. The second kappa shape index (κ2) is 6.28. The summed E-state index contributed by atoms with van der Waals surface area (Å²) >= 11 is 0. The molecule has 1 amide bonds. The van der Waals surface area contributed by atoms with Gasteiger partial charge < -0.3 is 10.4 Å². The highest BCUT2D eigenvalue weighted by molar-refractivity contribution is 5.94. The van der Waals surface area contributed by atoms with Crippen molar-refractivity contribution in [1.29, 1.82) is 0 Å². The SMILES string of the molecule is CCNC(=O)c1cccc(CCC(C)O)c1. The zero-order chi connectivity index (χ0) is 12.0. The number of amides is 1. The quantitative estimate of drug-likeness (QED) is 0.795. The molecule has 1 atom stereocenters. The summed E-state index contributed by atoms with van der Waals surface area (Å²) < 4.78 is 0. The van der Waals surface area contributed by atoms with Crippen LogP contribution in [0.25, 0.3) is 0 Å². The first kappa shape index (κ1) is 12.7. The zero-order valence-electron chi connectivity index (χ0n) is 9.86. The second-order valence-electron chi connectivity index (χ2n) is 3.95. The standard InChI is InChI=1S/C13H19NO2/c1-3-14-13(16)12-6-4-5-11(9-12)8-7-10(2)15/h4-6,9-10,15H,3,7-8H2,1-2H3,(H,14,16). The fourth-order valence-corrected chi connectivity index (χ4v) is 1.51. The molecule has 3 nitrogen and oxygen atoms in total. The summed E-state index contributed by atoms with van der Waals surface area (Å²) in [4.78, 5) is 11.6. The summed E-state index contributed by atoms with van der Waals surface area (Å²) in [6.07, 6.45) is 1.22. The number of carbonyl (C=O) groups excluding carboxylic acids is 1. The third-order valence-corrected chi connectivity index (χ3v) is 2.38. The fraction of sp³-hybridized carbons (Fsp3) is 0.462. The van der Waals surface area contributed by atoms with Gasteiger partial charge in [0.25, 0.3) is 5.91 Å². The number of aliphatic hydroxyl groups is 1. The van der Waals surface area contributed by atoms with Gasteiger partial charge in [-0.05, 0) is 44.4 Å². The van der Waals surface area contributed by atoms with Crippen LogP contribution in [0, 0.1) is 0 Å². The van der Waals surface area contributed by atoms with Gasteiger partial charge in [-0.1, -0.05) is 12.1 Å². The molecule has 0 spiro atoms. The summed E-state index contributed by atoms with van der Waals surface area (Å²) in [5.74, 6) is -0.0404. The number of carbonyl (C=O) groups is 1. The van der Waals surface area contributed by atoms with E-state index in [1.807, 2.05) is 25.1 Å². The third kappa shape index (κ3) is 4.03. The lowest BCUT2D eigenvalue weighted by Gasteiger charge is -2.06. The Labute approximate surface area is 96.5 Å². The van der Waals surface area contributed by atoms with Crippen LogP contribution in [0.3, 0.4) is 0 Å². The maximum Gasteiger partial charge on any atom is 0.251 e. The van der Waals surface area contributed by atoms with Crippen LogP contribution in [0.2, 0.25) is 0 Å². The van der Waals surface area contributed by atoms with E-state index in [1.165, 1.54) is 0 Å². The fourth-order valence-electron chi connectivity index (χ4n) is 1.51. The molecule has 1 aromatic rings. The Hall–Kier alpha value is -1.35. The van der Waals surface area contributed by atoms with Gasteiger partial charge >= 0.3 is 0 Å². The average molecular weight is 221 g/mol. The van der Waals surface area contributed by atoms with Crippen LogP contribution in [0.5, 0.6) is 0 Å². The Morgan fingerprint density at radius 2 is 2.25 bits per heavy atom. The van der Waals surface area contributed by atoms with Crippen LogP contribution < -0.4 is 5.32 Å². The minimum Gasteiger partial charge on any atom is -0.393 e. The summed E-state index contributed by atoms with van der Waals surface area (Å²) in [6.45, 7) is 4.31. The molecule has 0 radical (unpaired) electrons. The maximum absolute atomic E-state index is 11.6. The van der Waals surface area contributed by atoms with E-state index in [1.54, 1.807) is 13.0 Å². The number of nitrogens with one attached hydrogen (secondary N) is 1. The predicted octanol–water partition coefficient (Wildman–Crippen LogP) is 1.75. The zero-order valence-corrected chi connectivity index (χ0v) is 9.86. The average Bonchev–Trinajstić information content (AvgIpc) is 2.27. The number of aliphatic hydroxyl groups excluding tert-OH is 1. The van der Waals surface area contributed by atoms with E-state index in [0.717, 1.165) is 18.4 Å². The predicted molar refractivity (Wildman–Crippen MR) is 64.5 cm³/mol. The molecule has 0 saturated heterocycles. The van der Waals surface area contributed by atoms with E-state index in [2.05, 4.69) is 5.32 Å². The van der Waals surface area contributed by atoms with E-state index in [-0.39, 0.29) is 12.0 Å². The van der Waals surface area contributed by atoms with E-state index < -0.39 is 0 Å². The summed E-state index contributed by atoms with van der Waals surface area (Å²) in [5.41, 5.74) is 1.77. The lowest BCUT2D eigenvalue weighted by molar-refractivity contribution is 0.0955. The normalized spacial score (nSPS) is 12.2. The number of rotatable bonds is 5. The molecule has 0 aliphatic carbocycles. The van der Waals surface area contributed by atoms with Crippen LogP contribution in [-0.4, -0.2) is 23.7 Å². The van der Waals surface area contributed by atoms with Crippen molar-refractivity contribution in [1.82, 2.24) is 5.32 Å². The van der Waals surface area contributed by atoms with Gasteiger partial charge in [-0.15, -0.1) is 0 Å². The molecule has 3 heteroatoms. The monoisotopic (exact) mass is 221 g/mol. The molecular weight excluding hydrogens is 202 g/mol. The second-order valence-corrected chi connectivity index (χ2v) is 3.95. The van der Waals surface area contributed by atoms with Crippen molar-refractivity contribution >= 4 is 5.91 Å². The van der Waals surface area contributed by atoms with Crippen LogP contribution in [0.4, 0.5) is 0 Å². The Morgan fingerprint density at radius 1 is 1.50 bits per heavy atom. The van der Waals surface area contributed by atoms with Crippen LogP contribution >= 0.6 is 0 Å². The summed E-state index contributed by atoms with van der Waals surface area (Å²) in [6, 6.07) is 7.54. The molecule has 1 rings (SSSR count). The molecule has 0 saturated carbocycles. The van der Waals surface area contributed by atoms with E-state index >= 15 is 0 Å². The minimum absolute atomic E-state index is 0.0404. The van der Waals surface area contributed by atoms with Crippen LogP contribution in [0.15, 0.2) is 24.3 Å². The number of aryl methyl sites for hydroxylation is 1. The van der Waals surface area contributed by atoms with Crippen LogP contribution in [-0.2, 0) is 6.42 Å². The van der Waals surface area contributed by atoms with Gasteiger partial charge in [-0.2, -0.15) is 0 Å². The first-order chi connectivity index (χ1) is 7.63. The van der Waals surface area contributed by atoms with Crippen molar-refractivity contribution in [3.05, 3.63) is 35.4 Å². The van der Waals surface area contributed by atoms with Gasteiger partial charge in [0.05, 0.1) is 6.10 Å². The molecule has 1 unspecified atom stereocenters. The number of benzene rings is 1. The lowest BCUT2D eigenvalue weighted by Crippen LogP contribution is -2.22. The Kier molecular flexibility index (Phi) is 4.99. The highest BCUT2D eigenvalue weighted by Gasteiger charge is 2.05. The molecule has 0 fully saturated rings. The van der Waals surface area contributed by atoms with Crippen molar-refractivity contribution in [3.8, 4) is 0 Å². The molecule has 2 N–H and O–H groups in total. The Bertz CT molecular complexity index is 348. The van der Waals surface area contributed by atoms with E-state index in [9.17, 15) is 9.90 Å². The molecule has 0 aliphatic heterocycles. The summed E-state index contributed by atoms with van der Waals surface area (Å²) in [5, 5.41) is 12.0. The van der Waals surface area contributed by atoms with E-state index in [4.69, 9.17) is 0 Å². The third-order valence-electron chi connectivity index (χ3n) is 2.38. The lowest BCUT2D eigenvalue weighted by atomic mass is 10.0. The largest absolute Gasteiger partial charge is 0.393 e. The van der Waals surface area contributed by atoms with Crippen molar-refractivity contribution in [3.63, 3.8) is 0 Å². The molecule has 0 aromatic heterocycles. The van der Waals surface area contributed by atoms with Gasteiger partial charge in [-0.25, -0.2) is 0 Å². The molecular formula is C13H19NO2. The highest BCUT2D eigenvalue weighted by atomic mass is 16.3. The topological polar surface area (TPSA) is 49.3 Å². The molecule has 1 aromatic carbocycles.